The lowest BCUT2D eigenvalue weighted by Gasteiger charge is -2.23. The van der Waals surface area contributed by atoms with Gasteiger partial charge in [0.25, 0.3) is 0 Å². The maximum atomic E-state index is 11.1. The summed E-state index contributed by atoms with van der Waals surface area (Å²) in [5.41, 5.74) is 4.33. The van der Waals surface area contributed by atoms with Crippen LogP contribution in [0.15, 0.2) is 66.9 Å². The molecule has 1 aliphatic carbocycles. The van der Waals surface area contributed by atoms with Crippen molar-refractivity contribution in [1.82, 2.24) is 4.98 Å². The molecule has 154 valence electrons. The minimum absolute atomic E-state index is 0.251. The number of aromatic nitrogens is 1. The summed E-state index contributed by atoms with van der Waals surface area (Å²) in [7, 11) is 2.02. The molecule has 0 atom stereocenters. The SMILES string of the molecule is CN(c1ccc(C2CCCCC2)cc1)c1ccc(Nc2cccc(C(=O)O)c2)cn1. The van der Waals surface area contributed by atoms with Gasteiger partial charge in [-0.15, -0.1) is 0 Å². The lowest BCUT2D eigenvalue weighted by Crippen LogP contribution is -2.11. The number of hydrogen-bond donors (Lipinski definition) is 2. The fourth-order valence-electron chi connectivity index (χ4n) is 4.09. The molecule has 0 aliphatic heterocycles. The third kappa shape index (κ3) is 4.62. The van der Waals surface area contributed by atoms with Crippen molar-refractivity contribution in [2.24, 2.45) is 0 Å². The molecule has 4 rings (SSSR count). The van der Waals surface area contributed by atoms with Crippen LogP contribution in [0.5, 0.6) is 0 Å². The van der Waals surface area contributed by atoms with Gasteiger partial charge in [0.05, 0.1) is 17.4 Å². The van der Waals surface area contributed by atoms with Gasteiger partial charge in [0.2, 0.25) is 0 Å². The van der Waals surface area contributed by atoms with Crippen molar-refractivity contribution in [3.63, 3.8) is 0 Å². The molecule has 1 heterocycles. The van der Waals surface area contributed by atoms with Gasteiger partial charge in [-0.25, -0.2) is 9.78 Å². The first kappa shape index (κ1) is 20.0. The van der Waals surface area contributed by atoms with E-state index < -0.39 is 5.97 Å². The van der Waals surface area contributed by atoms with Crippen molar-refractivity contribution in [2.45, 2.75) is 38.0 Å². The van der Waals surface area contributed by atoms with Gasteiger partial charge in [-0.1, -0.05) is 37.5 Å². The van der Waals surface area contributed by atoms with Crippen LogP contribution < -0.4 is 10.2 Å². The summed E-state index contributed by atoms with van der Waals surface area (Å²) in [5.74, 6) is 0.620. The van der Waals surface area contributed by atoms with Crippen LogP contribution in [-0.4, -0.2) is 23.1 Å². The van der Waals surface area contributed by atoms with E-state index in [9.17, 15) is 4.79 Å². The molecular weight excluding hydrogens is 374 g/mol. The molecule has 30 heavy (non-hydrogen) atoms. The number of pyridine rings is 1. The van der Waals surface area contributed by atoms with E-state index >= 15 is 0 Å². The Labute approximate surface area is 177 Å². The highest BCUT2D eigenvalue weighted by molar-refractivity contribution is 5.89. The van der Waals surface area contributed by atoms with Crippen molar-refractivity contribution in [2.75, 3.05) is 17.3 Å². The van der Waals surface area contributed by atoms with E-state index in [0.29, 0.717) is 5.92 Å². The van der Waals surface area contributed by atoms with Crippen LogP contribution in [0.1, 0.15) is 53.9 Å². The Morgan fingerprint density at radius 1 is 1.00 bits per heavy atom. The van der Waals surface area contributed by atoms with Crippen molar-refractivity contribution < 1.29 is 9.90 Å². The minimum atomic E-state index is -0.941. The third-order valence-corrected chi connectivity index (χ3v) is 5.85. The summed E-state index contributed by atoms with van der Waals surface area (Å²) in [6.45, 7) is 0. The zero-order valence-electron chi connectivity index (χ0n) is 17.2. The standard InChI is InChI=1S/C25H27N3O2/c1-28(23-13-10-19(11-14-23)18-6-3-2-4-7-18)24-15-12-22(17-26-24)27-21-9-5-8-20(16-21)25(29)30/h5,8-18,27H,2-4,6-7H2,1H3,(H,29,30). The van der Waals surface area contributed by atoms with Gasteiger partial charge in [0.1, 0.15) is 5.82 Å². The lowest BCUT2D eigenvalue weighted by molar-refractivity contribution is 0.0697. The smallest absolute Gasteiger partial charge is 0.335 e. The Bertz CT molecular complexity index is 994. The molecule has 1 fully saturated rings. The maximum Gasteiger partial charge on any atom is 0.335 e. The van der Waals surface area contributed by atoms with Crippen LogP contribution in [-0.2, 0) is 0 Å². The Hall–Kier alpha value is -3.34. The van der Waals surface area contributed by atoms with E-state index in [1.807, 2.05) is 25.2 Å². The molecule has 0 amide bonds. The third-order valence-electron chi connectivity index (χ3n) is 5.85. The molecule has 0 spiro atoms. The molecule has 0 unspecified atom stereocenters. The second kappa shape index (κ2) is 8.99. The maximum absolute atomic E-state index is 11.1. The largest absolute Gasteiger partial charge is 0.478 e. The Morgan fingerprint density at radius 3 is 2.43 bits per heavy atom. The number of benzene rings is 2. The Balaban J connectivity index is 1.43. The number of carbonyl (C=O) groups is 1. The Kier molecular flexibility index (Phi) is 5.98. The van der Waals surface area contributed by atoms with E-state index in [0.717, 1.165) is 22.9 Å². The molecule has 2 aromatic carbocycles. The van der Waals surface area contributed by atoms with E-state index in [2.05, 4.69) is 39.5 Å². The molecule has 1 aliphatic rings. The van der Waals surface area contributed by atoms with E-state index in [1.165, 1.54) is 37.7 Å². The van der Waals surface area contributed by atoms with Gasteiger partial charge in [-0.3, -0.25) is 0 Å². The summed E-state index contributed by atoms with van der Waals surface area (Å²) in [4.78, 5) is 17.8. The number of anilines is 4. The molecule has 1 aromatic heterocycles. The first-order valence-corrected chi connectivity index (χ1v) is 10.5. The van der Waals surface area contributed by atoms with Gasteiger partial charge >= 0.3 is 5.97 Å². The van der Waals surface area contributed by atoms with E-state index in [-0.39, 0.29) is 5.56 Å². The summed E-state index contributed by atoms with van der Waals surface area (Å²) in [6.07, 6.45) is 8.43. The van der Waals surface area contributed by atoms with Crippen molar-refractivity contribution in [1.29, 1.82) is 0 Å². The highest BCUT2D eigenvalue weighted by Gasteiger charge is 2.15. The van der Waals surface area contributed by atoms with Crippen LogP contribution >= 0.6 is 0 Å². The van der Waals surface area contributed by atoms with Gasteiger partial charge in [-0.2, -0.15) is 0 Å². The van der Waals surface area contributed by atoms with E-state index in [1.54, 1.807) is 24.4 Å². The topological polar surface area (TPSA) is 65.5 Å². The van der Waals surface area contributed by atoms with Crippen LogP contribution in [0.3, 0.4) is 0 Å². The molecule has 1 saturated carbocycles. The highest BCUT2D eigenvalue weighted by atomic mass is 16.4. The second-order valence-corrected chi connectivity index (χ2v) is 7.90. The minimum Gasteiger partial charge on any atom is -0.478 e. The molecule has 0 bridgehead atoms. The van der Waals surface area contributed by atoms with Crippen molar-refractivity contribution >= 4 is 28.8 Å². The molecule has 5 heteroatoms. The zero-order chi connectivity index (χ0) is 20.9. The predicted octanol–water partition coefficient (Wildman–Crippen LogP) is 6.34. The van der Waals surface area contributed by atoms with Crippen LogP contribution in [0.4, 0.5) is 22.9 Å². The average Bonchev–Trinajstić information content (AvgIpc) is 2.80. The monoisotopic (exact) mass is 401 g/mol. The van der Waals surface area contributed by atoms with Crippen molar-refractivity contribution in [3.05, 3.63) is 78.0 Å². The normalized spacial score (nSPS) is 14.3. The summed E-state index contributed by atoms with van der Waals surface area (Å²) in [5, 5.41) is 12.3. The molecule has 2 N–H and O–H groups in total. The van der Waals surface area contributed by atoms with Crippen LogP contribution in [0.2, 0.25) is 0 Å². The lowest BCUT2D eigenvalue weighted by atomic mass is 9.84. The predicted molar refractivity (Wildman–Crippen MR) is 121 cm³/mol. The first-order chi connectivity index (χ1) is 14.6. The fraction of sp³-hybridized carbons (Fsp3) is 0.280. The van der Waals surface area contributed by atoms with Gasteiger partial charge in [0.15, 0.2) is 0 Å². The van der Waals surface area contributed by atoms with Crippen LogP contribution in [0.25, 0.3) is 0 Å². The molecule has 5 nitrogen and oxygen atoms in total. The molecule has 0 saturated heterocycles. The van der Waals surface area contributed by atoms with Crippen molar-refractivity contribution in [3.8, 4) is 0 Å². The van der Waals surface area contributed by atoms with Gasteiger partial charge in [-0.05, 0) is 66.8 Å². The van der Waals surface area contributed by atoms with Gasteiger partial charge in [0, 0.05) is 18.4 Å². The highest BCUT2D eigenvalue weighted by Crippen LogP contribution is 2.34. The van der Waals surface area contributed by atoms with Gasteiger partial charge < -0.3 is 15.3 Å². The molecular formula is C25H27N3O2. The summed E-state index contributed by atoms with van der Waals surface area (Å²) in [6, 6.07) is 19.5. The molecule has 0 radical (unpaired) electrons. The number of carboxylic acid groups (broad SMARTS) is 1. The summed E-state index contributed by atoms with van der Waals surface area (Å²) >= 11 is 0. The Morgan fingerprint density at radius 2 is 1.77 bits per heavy atom. The van der Waals surface area contributed by atoms with E-state index in [4.69, 9.17) is 5.11 Å². The number of rotatable bonds is 6. The number of aromatic carboxylic acids is 1. The van der Waals surface area contributed by atoms with Crippen LogP contribution in [0, 0.1) is 0 Å². The number of nitrogens with one attached hydrogen (secondary N) is 1. The average molecular weight is 402 g/mol. The fourth-order valence-corrected chi connectivity index (χ4v) is 4.09. The number of hydrogen-bond acceptors (Lipinski definition) is 4. The zero-order valence-corrected chi connectivity index (χ0v) is 17.2. The number of nitrogens with zero attached hydrogens (tertiary/aromatic N) is 2. The second-order valence-electron chi connectivity index (χ2n) is 7.90. The number of carboxylic acids is 1. The quantitative estimate of drug-likeness (QED) is 0.504. The first-order valence-electron chi connectivity index (χ1n) is 10.5. The molecule has 3 aromatic rings. The summed E-state index contributed by atoms with van der Waals surface area (Å²) < 4.78 is 0.